The van der Waals surface area contributed by atoms with Crippen LogP contribution in [-0.4, -0.2) is 39.9 Å². The highest BCUT2D eigenvalue weighted by Gasteiger charge is 2.25. The van der Waals surface area contributed by atoms with Gasteiger partial charge in [-0.3, -0.25) is 4.79 Å². The van der Waals surface area contributed by atoms with Gasteiger partial charge < -0.3 is 10.2 Å². The smallest absolute Gasteiger partial charge is 0.256 e. The van der Waals surface area contributed by atoms with Gasteiger partial charge in [-0.1, -0.05) is 12.1 Å². The summed E-state index contributed by atoms with van der Waals surface area (Å²) >= 11 is 1.61. The topological polar surface area (TPSA) is 58.1 Å². The van der Waals surface area contributed by atoms with Crippen molar-refractivity contribution in [1.82, 2.24) is 14.9 Å². The molecule has 7 heteroatoms. The van der Waals surface area contributed by atoms with Gasteiger partial charge in [0, 0.05) is 19.1 Å². The molecular weight excluding hydrogens is 351 g/mol. The van der Waals surface area contributed by atoms with Gasteiger partial charge in [-0.25, -0.2) is 14.4 Å². The van der Waals surface area contributed by atoms with Crippen molar-refractivity contribution in [3.63, 3.8) is 0 Å². The van der Waals surface area contributed by atoms with Gasteiger partial charge in [0.05, 0.1) is 10.9 Å². The first kappa shape index (κ1) is 16.9. The fraction of sp³-hybridized carbons (Fsp3) is 0.316. The first-order chi connectivity index (χ1) is 12.6. The number of amides is 1. The van der Waals surface area contributed by atoms with Gasteiger partial charge in [-0.05, 0) is 42.8 Å². The van der Waals surface area contributed by atoms with E-state index in [2.05, 4.69) is 27.6 Å². The summed E-state index contributed by atoms with van der Waals surface area (Å²) in [7, 11) is 0. The number of carbonyl (C=O) groups excluding carboxylic acids is 1. The lowest BCUT2D eigenvalue weighted by Crippen LogP contribution is -2.42. The number of hydrogen-bond donors (Lipinski definition) is 1. The van der Waals surface area contributed by atoms with E-state index >= 15 is 0 Å². The van der Waals surface area contributed by atoms with E-state index in [9.17, 15) is 9.18 Å². The number of aromatic nitrogens is 2. The van der Waals surface area contributed by atoms with Crippen molar-refractivity contribution in [2.75, 3.05) is 18.4 Å². The number of aryl methyl sites for hydroxylation is 1. The fourth-order valence-electron chi connectivity index (χ4n) is 3.35. The van der Waals surface area contributed by atoms with Crippen LogP contribution in [0.2, 0.25) is 0 Å². The molecular formula is C19H19FN4OS. The van der Waals surface area contributed by atoms with Crippen LogP contribution in [0.1, 0.15) is 28.8 Å². The summed E-state index contributed by atoms with van der Waals surface area (Å²) in [5, 5.41) is 6.66. The van der Waals surface area contributed by atoms with Crippen molar-refractivity contribution in [2.24, 2.45) is 0 Å². The number of anilines is 1. The Morgan fingerprint density at radius 2 is 2.04 bits per heavy atom. The molecule has 1 amide bonds. The molecule has 3 heterocycles. The molecule has 3 aromatic rings. The maximum Gasteiger partial charge on any atom is 0.256 e. The number of nitrogens with zero attached hydrogens (tertiary/aromatic N) is 3. The van der Waals surface area contributed by atoms with Crippen LogP contribution in [0.4, 0.5) is 10.2 Å². The summed E-state index contributed by atoms with van der Waals surface area (Å²) in [6, 6.07) is 6.38. The molecule has 0 spiro atoms. The summed E-state index contributed by atoms with van der Waals surface area (Å²) in [5.41, 5.74) is 1.31. The summed E-state index contributed by atoms with van der Waals surface area (Å²) < 4.78 is 13.8. The summed E-state index contributed by atoms with van der Waals surface area (Å²) in [5.74, 6) is 0.154. The largest absolute Gasteiger partial charge is 0.367 e. The van der Waals surface area contributed by atoms with Crippen LogP contribution in [0, 0.1) is 12.7 Å². The lowest BCUT2D eigenvalue weighted by Gasteiger charge is -2.32. The van der Waals surface area contributed by atoms with E-state index in [1.165, 1.54) is 11.6 Å². The third-order valence-electron chi connectivity index (χ3n) is 4.78. The lowest BCUT2D eigenvalue weighted by atomic mass is 10.0. The van der Waals surface area contributed by atoms with E-state index in [0.29, 0.717) is 13.1 Å². The van der Waals surface area contributed by atoms with Crippen molar-refractivity contribution >= 4 is 33.3 Å². The zero-order valence-corrected chi connectivity index (χ0v) is 15.2. The van der Waals surface area contributed by atoms with Gasteiger partial charge in [0.15, 0.2) is 0 Å². The Morgan fingerprint density at radius 3 is 2.81 bits per heavy atom. The molecule has 1 aliphatic rings. The molecule has 5 nitrogen and oxygen atoms in total. The number of piperidine rings is 1. The Morgan fingerprint density at radius 1 is 1.27 bits per heavy atom. The van der Waals surface area contributed by atoms with E-state index in [-0.39, 0.29) is 17.5 Å². The number of halogens is 1. The van der Waals surface area contributed by atoms with Crippen LogP contribution in [0.25, 0.3) is 10.2 Å². The van der Waals surface area contributed by atoms with Gasteiger partial charge in [-0.15, -0.1) is 11.3 Å². The maximum atomic E-state index is 13.8. The highest BCUT2D eigenvalue weighted by Crippen LogP contribution is 2.29. The first-order valence-corrected chi connectivity index (χ1v) is 9.50. The van der Waals surface area contributed by atoms with Crippen LogP contribution >= 0.6 is 11.3 Å². The molecule has 26 heavy (non-hydrogen) atoms. The molecule has 2 aromatic heterocycles. The van der Waals surface area contributed by atoms with Gasteiger partial charge in [0.1, 0.15) is 22.8 Å². The molecule has 1 saturated heterocycles. The minimum absolute atomic E-state index is 0.144. The van der Waals surface area contributed by atoms with Gasteiger partial charge in [0.25, 0.3) is 5.91 Å². The Kier molecular flexibility index (Phi) is 4.55. The zero-order chi connectivity index (χ0) is 18.1. The van der Waals surface area contributed by atoms with Gasteiger partial charge in [0.2, 0.25) is 0 Å². The average Bonchev–Trinajstić information content (AvgIpc) is 3.04. The third-order valence-corrected chi connectivity index (χ3v) is 5.79. The summed E-state index contributed by atoms with van der Waals surface area (Å²) in [4.78, 5) is 23.9. The Labute approximate surface area is 154 Å². The van der Waals surface area contributed by atoms with Crippen molar-refractivity contribution < 1.29 is 9.18 Å². The van der Waals surface area contributed by atoms with E-state index in [0.717, 1.165) is 28.9 Å². The van der Waals surface area contributed by atoms with Crippen LogP contribution in [-0.2, 0) is 0 Å². The highest BCUT2D eigenvalue weighted by molar-refractivity contribution is 7.17. The molecule has 0 bridgehead atoms. The van der Waals surface area contributed by atoms with Crippen molar-refractivity contribution in [1.29, 1.82) is 0 Å². The van der Waals surface area contributed by atoms with Gasteiger partial charge in [-0.2, -0.15) is 0 Å². The van der Waals surface area contributed by atoms with Crippen LogP contribution < -0.4 is 5.32 Å². The Balaban J connectivity index is 1.43. The number of benzene rings is 1. The Hall–Kier alpha value is -2.54. The number of thiophene rings is 1. The number of nitrogens with one attached hydrogen (secondary N) is 1. The molecule has 0 atom stereocenters. The quantitative estimate of drug-likeness (QED) is 0.761. The van der Waals surface area contributed by atoms with Crippen LogP contribution in [0.5, 0.6) is 0 Å². The molecule has 0 saturated carbocycles. The third kappa shape index (κ3) is 3.14. The van der Waals surface area contributed by atoms with E-state index in [4.69, 9.17) is 0 Å². The second-order valence-electron chi connectivity index (χ2n) is 6.51. The minimum atomic E-state index is -0.464. The predicted molar refractivity (Wildman–Crippen MR) is 101 cm³/mol. The second-order valence-corrected chi connectivity index (χ2v) is 7.37. The average molecular weight is 370 g/mol. The standard InChI is InChI=1S/C19H19FN4OS/c1-12-10-26-18-16(12)17(21-11-22-18)23-13-6-8-24(9-7-13)19(25)14-4-2-3-5-15(14)20/h2-5,10-11,13H,6-9H2,1H3,(H,21,22,23). The van der Waals surface area contributed by atoms with E-state index in [1.54, 1.807) is 40.8 Å². The SMILES string of the molecule is Cc1csc2ncnc(NC3CCN(C(=O)c4ccccc4F)CC3)c12. The fourth-order valence-corrected chi connectivity index (χ4v) is 4.24. The van der Waals surface area contributed by atoms with E-state index < -0.39 is 5.82 Å². The number of hydrogen-bond acceptors (Lipinski definition) is 5. The van der Waals surface area contributed by atoms with E-state index in [1.807, 2.05) is 0 Å². The minimum Gasteiger partial charge on any atom is -0.367 e. The first-order valence-electron chi connectivity index (χ1n) is 8.62. The monoisotopic (exact) mass is 370 g/mol. The number of fused-ring (bicyclic) bond motifs is 1. The zero-order valence-electron chi connectivity index (χ0n) is 14.4. The molecule has 1 N–H and O–H groups in total. The van der Waals surface area contributed by atoms with Crippen molar-refractivity contribution in [2.45, 2.75) is 25.8 Å². The molecule has 4 rings (SSSR count). The number of rotatable bonds is 3. The number of carbonyl (C=O) groups is 1. The maximum absolute atomic E-state index is 13.8. The summed E-state index contributed by atoms with van der Waals surface area (Å²) in [6.07, 6.45) is 3.18. The molecule has 1 fully saturated rings. The molecule has 0 aliphatic carbocycles. The van der Waals surface area contributed by atoms with Crippen LogP contribution in [0.3, 0.4) is 0 Å². The van der Waals surface area contributed by atoms with Crippen LogP contribution in [0.15, 0.2) is 36.0 Å². The molecule has 134 valence electrons. The lowest BCUT2D eigenvalue weighted by molar-refractivity contribution is 0.0713. The molecule has 0 radical (unpaired) electrons. The Bertz CT molecular complexity index is 950. The summed E-state index contributed by atoms with van der Waals surface area (Å²) in [6.45, 7) is 3.26. The van der Waals surface area contributed by atoms with Gasteiger partial charge >= 0.3 is 0 Å². The molecule has 1 aliphatic heterocycles. The highest BCUT2D eigenvalue weighted by atomic mass is 32.1. The molecule has 1 aromatic carbocycles. The molecule has 0 unspecified atom stereocenters. The van der Waals surface area contributed by atoms with Crippen molar-refractivity contribution in [3.8, 4) is 0 Å². The van der Waals surface area contributed by atoms with Crippen molar-refractivity contribution in [3.05, 3.63) is 52.9 Å². The predicted octanol–water partition coefficient (Wildman–Crippen LogP) is 3.86. The normalized spacial score (nSPS) is 15.4. The second kappa shape index (κ2) is 6.99. The number of likely N-dealkylation sites (tertiary alicyclic amines) is 1.